The maximum Gasteiger partial charge on any atom is 0.330 e. The summed E-state index contributed by atoms with van der Waals surface area (Å²) in [5, 5.41) is 2.15. The standard InChI is InChI=1S/C26H33N3O4Si/c1-18-17-29(25(31)28-24(18)30)23-15-21(22(16-27)32-23)33-34(26(2,3)4,19-11-7-5-8-12-19)20-13-9-6-10-14-20/h5-14,17,21-23H,15-16,27H2,1-4H3,(H,28,30,31)/t21?,22-,23-/m1/s1. The minimum atomic E-state index is -2.82. The van der Waals surface area contributed by atoms with Crippen molar-refractivity contribution < 1.29 is 9.16 Å². The van der Waals surface area contributed by atoms with Crippen molar-refractivity contribution in [1.82, 2.24) is 9.55 Å². The molecule has 4 rings (SSSR count). The maximum atomic E-state index is 12.5. The Hall–Kier alpha value is -2.78. The Bertz CT molecular complexity index is 1200. The van der Waals surface area contributed by atoms with E-state index in [0.717, 1.165) is 0 Å². The number of hydrogen-bond acceptors (Lipinski definition) is 5. The normalized spacial score (nSPS) is 21.0. The van der Waals surface area contributed by atoms with E-state index in [-0.39, 0.29) is 23.8 Å². The number of aryl methyl sites for hydroxylation is 1. The molecule has 8 heteroatoms. The van der Waals surface area contributed by atoms with E-state index in [1.807, 2.05) is 36.4 Å². The lowest BCUT2D eigenvalue weighted by atomic mass is 10.2. The van der Waals surface area contributed by atoms with Crippen LogP contribution in [-0.2, 0) is 9.16 Å². The van der Waals surface area contributed by atoms with Gasteiger partial charge in [0.25, 0.3) is 13.9 Å². The lowest BCUT2D eigenvalue weighted by Gasteiger charge is -2.45. The van der Waals surface area contributed by atoms with E-state index in [1.54, 1.807) is 13.1 Å². The smallest absolute Gasteiger partial charge is 0.330 e. The molecule has 7 nitrogen and oxygen atoms in total. The molecule has 1 aliphatic heterocycles. The van der Waals surface area contributed by atoms with E-state index < -0.39 is 25.8 Å². The highest BCUT2D eigenvalue weighted by Gasteiger charge is 2.53. The molecule has 1 saturated heterocycles. The molecular formula is C26H33N3O4Si. The van der Waals surface area contributed by atoms with Gasteiger partial charge < -0.3 is 14.9 Å². The van der Waals surface area contributed by atoms with Crippen molar-refractivity contribution in [2.45, 2.75) is 57.6 Å². The minimum absolute atomic E-state index is 0.196. The molecule has 0 saturated carbocycles. The van der Waals surface area contributed by atoms with Gasteiger partial charge in [0, 0.05) is 24.7 Å². The van der Waals surface area contributed by atoms with Gasteiger partial charge in [0.05, 0.1) is 12.2 Å². The molecule has 1 fully saturated rings. The third-order valence-corrected chi connectivity index (χ3v) is 11.7. The van der Waals surface area contributed by atoms with Gasteiger partial charge >= 0.3 is 5.69 Å². The Morgan fingerprint density at radius 1 is 1.06 bits per heavy atom. The molecule has 3 aromatic rings. The largest absolute Gasteiger partial charge is 0.402 e. The first kappa shape index (κ1) is 24.3. The second-order valence-corrected chi connectivity index (χ2v) is 14.2. The predicted octanol–water partition coefficient (Wildman–Crippen LogP) is 2.04. The molecule has 34 heavy (non-hydrogen) atoms. The van der Waals surface area contributed by atoms with Gasteiger partial charge in [-0.3, -0.25) is 14.3 Å². The predicted molar refractivity (Wildman–Crippen MR) is 136 cm³/mol. The molecular weight excluding hydrogens is 446 g/mol. The third kappa shape index (κ3) is 4.34. The van der Waals surface area contributed by atoms with Gasteiger partial charge in [0.1, 0.15) is 6.23 Å². The average molecular weight is 480 g/mol. The fourth-order valence-electron chi connectivity index (χ4n) is 4.92. The SMILES string of the molecule is Cc1cn([C@H]2CC(O[Si](c3ccccc3)(c3ccccc3)C(C)(C)C)[C@@H](CN)O2)c(=O)[nH]c1=O. The van der Waals surface area contributed by atoms with E-state index in [4.69, 9.17) is 14.9 Å². The van der Waals surface area contributed by atoms with Gasteiger partial charge in [-0.2, -0.15) is 0 Å². The highest BCUT2D eigenvalue weighted by atomic mass is 28.4. The van der Waals surface area contributed by atoms with Crippen molar-refractivity contribution in [3.8, 4) is 0 Å². The van der Waals surface area contributed by atoms with E-state index >= 15 is 0 Å². The van der Waals surface area contributed by atoms with E-state index in [9.17, 15) is 9.59 Å². The number of nitrogens with zero attached hydrogens (tertiary/aromatic N) is 1. The molecule has 0 radical (unpaired) electrons. The average Bonchev–Trinajstić information content (AvgIpc) is 3.22. The molecule has 0 aliphatic carbocycles. The molecule has 1 unspecified atom stereocenters. The zero-order valence-electron chi connectivity index (χ0n) is 20.2. The second kappa shape index (κ2) is 9.46. The van der Waals surface area contributed by atoms with Crippen LogP contribution in [0, 0.1) is 6.92 Å². The fraction of sp³-hybridized carbons (Fsp3) is 0.385. The number of ether oxygens (including phenoxy) is 1. The number of rotatable bonds is 6. The first-order valence-corrected chi connectivity index (χ1v) is 13.5. The van der Waals surface area contributed by atoms with Crippen LogP contribution in [0.4, 0.5) is 0 Å². The molecule has 1 aliphatic rings. The molecule has 0 spiro atoms. The molecule has 0 amide bonds. The lowest BCUT2D eigenvalue weighted by Crippen LogP contribution is -2.68. The van der Waals surface area contributed by atoms with Crippen LogP contribution in [0.5, 0.6) is 0 Å². The number of aromatic nitrogens is 2. The van der Waals surface area contributed by atoms with Crippen LogP contribution in [0.25, 0.3) is 0 Å². The Morgan fingerprint density at radius 3 is 2.12 bits per heavy atom. The second-order valence-electron chi connectivity index (χ2n) is 9.90. The zero-order chi connectivity index (χ0) is 24.5. The van der Waals surface area contributed by atoms with Crippen LogP contribution in [0.15, 0.2) is 76.4 Å². The monoisotopic (exact) mass is 479 g/mol. The Labute approximate surface area is 200 Å². The van der Waals surface area contributed by atoms with Crippen molar-refractivity contribution in [2.24, 2.45) is 5.73 Å². The molecule has 2 heterocycles. The summed E-state index contributed by atoms with van der Waals surface area (Å²) in [6, 6.07) is 20.8. The van der Waals surface area contributed by atoms with Crippen molar-refractivity contribution in [2.75, 3.05) is 6.54 Å². The minimum Gasteiger partial charge on any atom is -0.402 e. The van der Waals surface area contributed by atoms with Crippen molar-refractivity contribution in [3.63, 3.8) is 0 Å². The van der Waals surface area contributed by atoms with Crippen LogP contribution in [0.2, 0.25) is 5.04 Å². The molecule has 3 atom stereocenters. The highest BCUT2D eigenvalue weighted by molar-refractivity contribution is 6.99. The lowest BCUT2D eigenvalue weighted by molar-refractivity contribution is -0.0128. The molecule has 180 valence electrons. The van der Waals surface area contributed by atoms with Crippen LogP contribution in [-0.4, -0.2) is 36.6 Å². The number of nitrogens with one attached hydrogen (secondary N) is 1. The van der Waals surface area contributed by atoms with Crippen LogP contribution >= 0.6 is 0 Å². The summed E-state index contributed by atoms with van der Waals surface area (Å²) >= 11 is 0. The van der Waals surface area contributed by atoms with Crippen LogP contribution < -0.4 is 27.4 Å². The van der Waals surface area contributed by atoms with Gasteiger partial charge in [0.2, 0.25) is 0 Å². The summed E-state index contributed by atoms with van der Waals surface area (Å²) in [5.74, 6) is 0. The topological polar surface area (TPSA) is 99.3 Å². The van der Waals surface area contributed by atoms with Gasteiger partial charge in [0.15, 0.2) is 0 Å². The summed E-state index contributed by atoms with van der Waals surface area (Å²) < 4.78 is 14.9. The Kier molecular flexibility index (Phi) is 6.77. The number of hydrogen-bond donors (Lipinski definition) is 2. The van der Waals surface area contributed by atoms with E-state index in [0.29, 0.717) is 12.0 Å². The first-order valence-electron chi connectivity index (χ1n) is 11.6. The van der Waals surface area contributed by atoms with Crippen molar-refractivity contribution in [1.29, 1.82) is 0 Å². The zero-order valence-corrected chi connectivity index (χ0v) is 21.2. The van der Waals surface area contributed by atoms with Crippen LogP contribution in [0.1, 0.15) is 39.0 Å². The van der Waals surface area contributed by atoms with Gasteiger partial charge in [-0.15, -0.1) is 0 Å². The molecule has 0 bridgehead atoms. The summed E-state index contributed by atoms with van der Waals surface area (Å²) in [6.07, 6.45) is 0.730. The molecule has 3 N–H and O–H groups in total. The van der Waals surface area contributed by atoms with E-state index in [2.05, 4.69) is 50.0 Å². The number of aromatic amines is 1. The summed E-state index contributed by atoms with van der Waals surface area (Å²) in [6.45, 7) is 8.59. The molecule has 1 aromatic heterocycles. The highest BCUT2D eigenvalue weighted by Crippen LogP contribution is 2.40. The van der Waals surface area contributed by atoms with E-state index in [1.165, 1.54) is 14.9 Å². The third-order valence-electron chi connectivity index (χ3n) is 6.61. The fourth-order valence-corrected chi connectivity index (χ4v) is 9.64. The quantitative estimate of drug-likeness (QED) is 0.527. The number of H-pyrrole nitrogens is 1. The maximum absolute atomic E-state index is 12.5. The van der Waals surface area contributed by atoms with Crippen molar-refractivity contribution in [3.05, 3.63) is 93.3 Å². The Morgan fingerprint density at radius 2 is 1.62 bits per heavy atom. The van der Waals surface area contributed by atoms with Gasteiger partial charge in [-0.25, -0.2) is 4.79 Å². The van der Waals surface area contributed by atoms with Gasteiger partial charge in [-0.05, 0) is 22.3 Å². The van der Waals surface area contributed by atoms with Crippen LogP contribution in [0.3, 0.4) is 0 Å². The first-order chi connectivity index (χ1) is 16.2. The summed E-state index contributed by atoms with van der Waals surface area (Å²) in [7, 11) is -2.82. The van der Waals surface area contributed by atoms with Crippen molar-refractivity contribution >= 4 is 18.7 Å². The Balaban J connectivity index is 1.79. The van der Waals surface area contributed by atoms with Gasteiger partial charge in [-0.1, -0.05) is 81.4 Å². The summed E-state index contributed by atoms with van der Waals surface area (Å²) in [4.78, 5) is 26.8. The number of nitrogens with two attached hydrogens (primary N) is 1. The summed E-state index contributed by atoms with van der Waals surface area (Å²) in [5.41, 5.74) is 5.68. The molecule has 2 aromatic carbocycles. The number of benzene rings is 2.